The molecule has 26 heavy (non-hydrogen) atoms. The van der Waals surface area contributed by atoms with Gasteiger partial charge in [0, 0.05) is 24.0 Å². The SMILES string of the molecule is O=C(Nc1ccc(Nc2cccc3cccnc23)nn1)c1cccnc1. The molecule has 0 aliphatic rings. The Morgan fingerprint density at radius 3 is 2.46 bits per heavy atom. The van der Waals surface area contributed by atoms with Gasteiger partial charge in [0.2, 0.25) is 0 Å². The smallest absolute Gasteiger partial charge is 0.258 e. The first-order chi connectivity index (χ1) is 12.8. The summed E-state index contributed by atoms with van der Waals surface area (Å²) in [5.41, 5.74) is 2.15. The van der Waals surface area contributed by atoms with Crippen molar-refractivity contribution in [2.75, 3.05) is 10.6 Å². The first-order valence-electron chi connectivity index (χ1n) is 7.95. The van der Waals surface area contributed by atoms with Gasteiger partial charge in [0.05, 0.1) is 16.8 Å². The molecule has 7 heteroatoms. The molecule has 0 aliphatic heterocycles. The number of carbonyl (C=O) groups excluding carboxylic acids is 1. The lowest BCUT2D eigenvalue weighted by atomic mass is 10.2. The van der Waals surface area contributed by atoms with E-state index >= 15 is 0 Å². The first-order valence-corrected chi connectivity index (χ1v) is 7.95. The number of rotatable bonds is 4. The van der Waals surface area contributed by atoms with Gasteiger partial charge in [-0.1, -0.05) is 18.2 Å². The average molecular weight is 342 g/mol. The van der Waals surface area contributed by atoms with Crippen LogP contribution in [-0.2, 0) is 0 Å². The Morgan fingerprint density at radius 1 is 0.846 bits per heavy atom. The molecule has 0 saturated carbocycles. The molecule has 2 N–H and O–H groups in total. The van der Waals surface area contributed by atoms with Crippen molar-refractivity contribution in [2.45, 2.75) is 0 Å². The Kier molecular flexibility index (Phi) is 4.17. The minimum absolute atomic E-state index is 0.286. The number of hydrogen-bond acceptors (Lipinski definition) is 6. The van der Waals surface area contributed by atoms with Crippen molar-refractivity contribution in [1.29, 1.82) is 0 Å². The number of nitrogens with zero attached hydrogens (tertiary/aromatic N) is 4. The van der Waals surface area contributed by atoms with Crippen molar-refractivity contribution in [3.05, 3.63) is 78.8 Å². The lowest BCUT2D eigenvalue weighted by molar-refractivity contribution is 0.102. The van der Waals surface area contributed by atoms with E-state index in [0.29, 0.717) is 17.2 Å². The van der Waals surface area contributed by atoms with Gasteiger partial charge in [-0.3, -0.25) is 14.8 Å². The number of hydrogen-bond donors (Lipinski definition) is 2. The van der Waals surface area contributed by atoms with Crippen LogP contribution in [0.2, 0.25) is 0 Å². The molecule has 4 rings (SSSR count). The standard InChI is InChI=1S/C19H14N6O/c26-19(14-6-2-10-20-12-14)23-17-9-8-16(24-25-17)22-15-7-1-4-13-5-3-11-21-18(13)15/h1-12H,(H,22,24)(H,23,25,26). The van der Waals surface area contributed by atoms with E-state index in [0.717, 1.165) is 16.6 Å². The predicted octanol–water partition coefficient (Wildman–Crippen LogP) is 3.42. The van der Waals surface area contributed by atoms with Crippen LogP contribution in [0.25, 0.3) is 10.9 Å². The van der Waals surface area contributed by atoms with Crippen molar-refractivity contribution in [1.82, 2.24) is 20.2 Å². The Labute approximate surface area is 149 Å². The van der Waals surface area contributed by atoms with Crippen LogP contribution in [-0.4, -0.2) is 26.1 Å². The molecule has 126 valence electrons. The number of carbonyl (C=O) groups is 1. The van der Waals surface area contributed by atoms with E-state index < -0.39 is 0 Å². The van der Waals surface area contributed by atoms with Gasteiger partial charge in [-0.15, -0.1) is 10.2 Å². The highest BCUT2D eigenvalue weighted by molar-refractivity contribution is 6.03. The van der Waals surface area contributed by atoms with Crippen LogP contribution < -0.4 is 10.6 Å². The third-order valence-electron chi connectivity index (χ3n) is 3.73. The molecule has 1 amide bonds. The molecule has 7 nitrogen and oxygen atoms in total. The van der Waals surface area contributed by atoms with E-state index in [1.807, 2.05) is 30.3 Å². The summed E-state index contributed by atoms with van der Waals surface area (Å²) in [6.45, 7) is 0. The molecule has 0 unspecified atom stereocenters. The van der Waals surface area contributed by atoms with Crippen LogP contribution >= 0.6 is 0 Å². The highest BCUT2D eigenvalue weighted by Crippen LogP contribution is 2.23. The maximum Gasteiger partial charge on any atom is 0.258 e. The molecule has 0 atom stereocenters. The Balaban J connectivity index is 1.50. The second-order valence-corrected chi connectivity index (χ2v) is 5.51. The molecule has 3 aromatic heterocycles. The number of aromatic nitrogens is 4. The first kappa shape index (κ1) is 15.6. The number of amides is 1. The van der Waals surface area contributed by atoms with Gasteiger partial charge >= 0.3 is 0 Å². The van der Waals surface area contributed by atoms with Gasteiger partial charge in [-0.25, -0.2) is 0 Å². The molecular formula is C19H14N6O. The van der Waals surface area contributed by atoms with Crippen molar-refractivity contribution >= 4 is 34.1 Å². The topological polar surface area (TPSA) is 92.7 Å². The summed E-state index contributed by atoms with van der Waals surface area (Å²) in [5, 5.41) is 15.1. The van der Waals surface area contributed by atoms with Gasteiger partial charge in [0.15, 0.2) is 11.6 Å². The van der Waals surface area contributed by atoms with E-state index in [1.165, 1.54) is 6.20 Å². The predicted molar refractivity (Wildman–Crippen MR) is 99.2 cm³/mol. The maximum absolute atomic E-state index is 12.1. The van der Waals surface area contributed by atoms with Crippen molar-refractivity contribution in [3.8, 4) is 0 Å². The molecule has 3 heterocycles. The lowest BCUT2D eigenvalue weighted by Gasteiger charge is -2.08. The zero-order valence-corrected chi connectivity index (χ0v) is 13.6. The molecule has 0 spiro atoms. The minimum Gasteiger partial charge on any atom is -0.337 e. The lowest BCUT2D eigenvalue weighted by Crippen LogP contribution is -2.13. The molecule has 0 aliphatic carbocycles. The van der Waals surface area contributed by atoms with E-state index in [4.69, 9.17) is 0 Å². The Hall–Kier alpha value is -3.87. The van der Waals surface area contributed by atoms with E-state index in [2.05, 4.69) is 30.8 Å². The van der Waals surface area contributed by atoms with Crippen LogP contribution in [0.4, 0.5) is 17.3 Å². The average Bonchev–Trinajstić information content (AvgIpc) is 2.70. The van der Waals surface area contributed by atoms with Gasteiger partial charge in [-0.05, 0) is 36.4 Å². The summed E-state index contributed by atoms with van der Waals surface area (Å²) in [6, 6.07) is 16.6. The van der Waals surface area contributed by atoms with Crippen molar-refractivity contribution in [2.24, 2.45) is 0 Å². The maximum atomic E-state index is 12.1. The number of fused-ring (bicyclic) bond motifs is 1. The number of benzene rings is 1. The van der Waals surface area contributed by atoms with Crippen LogP contribution in [0.15, 0.2) is 73.2 Å². The molecule has 0 fully saturated rings. The summed E-state index contributed by atoms with van der Waals surface area (Å²) in [5.74, 6) is 0.634. The van der Waals surface area contributed by atoms with E-state index in [9.17, 15) is 4.79 Å². The summed E-state index contributed by atoms with van der Waals surface area (Å²) in [7, 11) is 0. The largest absolute Gasteiger partial charge is 0.337 e. The van der Waals surface area contributed by atoms with Gasteiger partial charge in [0.25, 0.3) is 5.91 Å². The van der Waals surface area contributed by atoms with Crippen LogP contribution in [0.1, 0.15) is 10.4 Å². The molecule has 0 saturated heterocycles. The summed E-state index contributed by atoms with van der Waals surface area (Å²) in [4.78, 5) is 20.4. The fourth-order valence-corrected chi connectivity index (χ4v) is 2.49. The summed E-state index contributed by atoms with van der Waals surface area (Å²) in [6.07, 6.45) is 4.85. The van der Waals surface area contributed by atoms with Crippen LogP contribution in [0, 0.1) is 0 Å². The van der Waals surface area contributed by atoms with Gasteiger partial charge < -0.3 is 10.6 Å². The molecular weight excluding hydrogens is 328 g/mol. The summed E-state index contributed by atoms with van der Waals surface area (Å²) >= 11 is 0. The molecule has 1 aromatic carbocycles. The molecule has 4 aromatic rings. The summed E-state index contributed by atoms with van der Waals surface area (Å²) < 4.78 is 0. The van der Waals surface area contributed by atoms with Gasteiger partial charge in [-0.2, -0.15) is 0 Å². The Morgan fingerprint density at radius 2 is 1.65 bits per heavy atom. The third kappa shape index (κ3) is 3.32. The van der Waals surface area contributed by atoms with Crippen LogP contribution in [0.3, 0.4) is 0 Å². The van der Waals surface area contributed by atoms with Crippen molar-refractivity contribution < 1.29 is 4.79 Å². The normalized spacial score (nSPS) is 10.5. The number of nitrogens with one attached hydrogen (secondary N) is 2. The molecule has 0 bridgehead atoms. The second-order valence-electron chi connectivity index (χ2n) is 5.51. The monoisotopic (exact) mass is 342 g/mol. The molecule has 0 radical (unpaired) electrons. The number of pyridine rings is 2. The van der Waals surface area contributed by atoms with E-state index in [-0.39, 0.29) is 5.91 Å². The minimum atomic E-state index is -0.286. The van der Waals surface area contributed by atoms with Gasteiger partial charge in [0.1, 0.15) is 0 Å². The van der Waals surface area contributed by atoms with Crippen LogP contribution in [0.5, 0.6) is 0 Å². The Bertz CT molecular complexity index is 1050. The number of anilines is 3. The zero-order chi connectivity index (χ0) is 17.8. The second kappa shape index (κ2) is 6.94. The highest BCUT2D eigenvalue weighted by atomic mass is 16.1. The fraction of sp³-hybridized carbons (Fsp3) is 0. The quantitative estimate of drug-likeness (QED) is 0.590. The zero-order valence-electron chi connectivity index (χ0n) is 13.6. The van der Waals surface area contributed by atoms with E-state index in [1.54, 1.807) is 36.7 Å². The highest BCUT2D eigenvalue weighted by Gasteiger charge is 2.08. The fourth-order valence-electron chi connectivity index (χ4n) is 2.49. The van der Waals surface area contributed by atoms with Crippen molar-refractivity contribution in [3.63, 3.8) is 0 Å². The third-order valence-corrected chi connectivity index (χ3v) is 3.73. The number of para-hydroxylation sites is 1.